The summed E-state index contributed by atoms with van der Waals surface area (Å²) in [7, 11) is 0. The number of carbonyl (C=O) groups is 2. The summed E-state index contributed by atoms with van der Waals surface area (Å²) in [5, 5.41) is 2.66. The van der Waals surface area contributed by atoms with Crippen molar-refractivity contribution in [1.29, 1.82) is 0 Å². The van der Waals surface area contributed by atoms with Gasteiger partial charge in [0.15, 0.2) is 0 Å². The van der Waals surface area contributed by atoms with Crippen molar-refractivity contribution in [2.75, 3.05) is 37.6 Å². The van der Waals surface area contributed by atoms with Crippen molar-refractivity contribution in [3.8, 4) is 0 Å². The van der Waals surface area contributed by atoms with E-state index in [1.54, 1.807) is 34.4 Å². The van der Waals surface area contributed by atoms with Gasteiger partial charge in [0, 0.05) is 18.0 Å². The van der Waals surface area contributed by atoms with Crippen LogP contribution in [0.2, 0.25) is 5.02 Å². The van der Waals surface area contributed by atoms with Crippen LogP contribution in [0.4, 0.5) is 5.69 Å². The van der Waals surface area contributed by atoms with Crippen LogP contribution in [-0.4, -0.2) is 49.4 Å². The van der Waals surface area contributed by atoms with Gasteiger partial charge in [-0.2, -0.15) is 0 Å². The maximum Gasteiger partial charge on any atom is 0.256 e. The third-order valence-electron chi connectivity index (χ3n) is 5.32. The number of carbonyl (C=O) groups excluding carboxylic acids is 2. The molecule has 3 heterocycles. The highest BCUT2D eigenvalue weighted by Gasteiger charge is 2.30. The van der Waals surface area contributed by atoms with Crippen molar-refractivity contribution >= 4 is 40.4 Å². The van der Waals surface area contributed by atoms with Gasteiger partial charge in [0.2, 0.25) is 5.91 Å². The molecule has 1 N–H and O–H groups in total. The lowest BCUT2D eigenvalue weighted by Crippen LogP contribution is -3.13. The van der Waals surface area contributed by atoms with Gasteiger partial charge in [-0.05, 0) is 36.1 Å². The van der Waals surface area contributed by atoms with Crippen molar-refractivity contribution < 1.29 is 14.5 Å². The number of rotatable bonds is 4. The lowest BCUT2D eigenvalue weighted by atomic mass is 10.1. The molecule has 142 valence electrons. The molecular weight excluding hydrogens is 382 g/mol. The summed E-state index contributed by atoms with van der Waals surface area (Å²) >= 11 is 7.94. The molecule has 27 heavy (non-hydrogen) atoms. The lowest BCUT2D eigenvalue weighted by Gasteiger charge is -2.33. The molecule has 0 atom stereocenters. The molecule has 1 aromatic heterocycles. The second kappa shape index (κ2) is 8.00. The van der Waals surface area contributed by atoms with Gasteiger partial charge in [0.25, 0.3) is 5.91 Å². The minimum absolute atomic E-state index is 0.00320. The number of quaternary nitrogens is 1. The summed E-state index contributed by atoms with van der Waals surface area (Å²) in [4.78, 5) is 31.9. The first kappa shape index (κ1) is 18.5. The van der Waals surface area contributed by atoms with Crippen molar-refractivity contribution in [2.24, 2.45) is 0 Å². The Bertz CT molecular complexity index is 832. The van der Waals surface area contributed by atoms with Crippen LogP contribution in [-0.2, 0) is 11.3 Å². The van der Waals surface area contributed by atoms with Gasteiger partial charge in [-0.1, -0.05) is 17.7 Å². The van der Waals surface area contributed by atoms with Crippen molar-refractivity contribution in [3.63, 3.8) is 0 Å². The molecule has 2 amide bonds. The Morgan fingerprint density at radius 2 is 2.00 bits per heavy atom. The predicted molar refractivity (Wildman–Crippen MR) is 108 cm³/mol. The molecule has 4 rings (SSSR count). The highest BCUT2D eigenvalue weighted by atomic mass is 35.5. The molecule has 5 nitrogen and oxygen atoms in total. The third kappa shape index (κ3) is 4.03. The molecule has 7 heteroatoms. The van der Waals surface area contributed by atoms with E-state index in [-0.39, 0.29) is 11.8 Å². The number of benzene rings is 1. The number of hydrogen-bond donors (Lipinski definition) is 1. The van der Waals surface area contributed by atoms with Crippen molar-refractivity contribution in [1.82, 2.24) is 4.90 Å². The number of amides is 2. The monoisotopic (exact) mass is 404 g/mol. The van der Waals surface area contributed by atoms with Crippen LogP contribution < -0.4 is 9.80 Å². The molecule has 2 aliphatic heterocycles. The van der Waals surface area contributed by atoms with Crippen LogP contribution in [0.5, 0.6) is 0 Å². The number of piperazine rings is 1. The summed E-state index contributed by atoms with van der Waals surface area (Å²) in [5.74, 6) is 0.0630. The molecule has 1 aromatic carbocycles. The fourth-order valence-electron chi connectivity index (χ4n) is 3.84. The van der Waals surface area contributed by atoms with Gasteiger partial charge in [0.1, 0.15) is 6.54 Å². The van der Waals surface area contributed by atoms with E-state index in [0.717, 1.165) is 39.1 Å². The van der Waals surface area contributed by atoms with E-state index in [4.69, 9.17) is 11.6 Å². The van der Waals surface area contributed by atoms with Crippen LogP contribution in [0.1, 0.15) is 28.1 Å². The van der Waals surface area contributed by atoms with Gasteiger partial charge < -0.3 is 14.7 Å². The molecule has 2 aliphatic rings. The molecule has 0 saturated carbocycles. The summed E-state index contributed by atoms with van der Waals surface area (Å²) in [6.45, 7) is 5.02. The zero-order valence-electron chi connectivity index (χ0n) is 15.1. The Morgan fingerprint density at radius 3 is 2.67 bits per heavy atom. The fourth-order valence-corrected chi connectivity index (χ4v) is 4.79. The summed E-state index contributed by atoms with van der Waals surface area (Å²) in [6, 6.07) is 9.49. The Balaban J connectivity index is 1.46. The first-order valence-electron chi connectivity index (χ1n) is 9.37. The maximum atomic E-state index is 13.2. The standard InChI is InChI=1S/C20H22ClN3O2S/c21-15-5-6-17(18(13-15)24-7-1-4-19(24)25)20(26)23-10-8-22(9-11-23)14-16-3-2-12-27-16/h2-3,5-6,12-13H,1,4,7-11,14H2/p+1. The first-order chi connectivity index (χ1) is 13.1. The van der Waals surface area contributed by atoms with Crippen LogP contribution in [0.25, 0.3) is 0 Å². The van der Waals surface area contributed by atoms with Gasteiger partial charge in [-0.15, -0.1) is 11.3 Å². The summed E-state index contributed by atoms with van der Waals surface area (Å²) in [6.07, 6.45) is 1.36. The molecule has 0 unspecified atom stereocenters. The molecular formula is C20H23ClN3O2S+. The Hall–Kier alpha value is -1.89. The molecule has 0 bridgehead atoms. The Kier molecular flexibility index (Phi) is 5.48. The van der Waals surface area contributed by atoms with Crippen molar-refractivity contribution in [2.45, 2.75) is 19.4 Å². The lowest BCUT2D eigenvalue weighted by molar-refractivity contribution is -0.917. The van der Waals surface area contributed by atoms with E-state index in [9.17, 15) is 9.59 Å². The third-order valence-corrected chi connectivity index (χ3v) is 6.43. The largest absolute Gasteiger partial charge is 0.328 e. The minimum Gasteiger partial charge on any atom is -0.328 e. The number of anilines is 1. The van der Waals surface area contributed by atoms with Gasteiger partial charge in [-0.25, -0.2) is 0 Å². The van der Waals surface area contributed by atoms with Crippen molar-refractivity contribution in [3.05, 3.63) is 51.2 Å². The molecule has 0 aliphatic carbocycles. The number of halogens is 1. The van der Waals surface area contributed by atoms with Gasteiger partial charge in [-0.3, -0.25) is 9.59 Å². The molecule has 2 aromatic rings. The average Bonchev–Trinajstić information content (AvgIpc) is 3.33. The summed E-state index contributed by atoms with van der Waals surface area (Å²) in [5.41, 5.74) is 1.24. The molecule has 2 saturated heterocycles. The SMILES string of the molecule is O=C(c1ccc(Cl)cc1N1CCCC1=O)N1CC[NH+](Cc2cccs2)CC1. The Morgan fingerprint density at radius 1 is 1.19 bits per heavy atom. The average molecular weight is 405 g/mol. The van der Waals surface area contributed by atoms with E-state index in [1.165, 1.54) is 9.78 Å². The van der Waals surface area contributed by atoms with Crippen LogP contribution in [0.3, 0.4) is 0 Å². The quantitative estimate of drug-likeness (QED) is 0.847. The molecule has 0 radical (unpaired) electrons. The zero-order valence-corrected chi connectivity index (χ0v) is 16.7. The first-order valence-corrected chi connectivity index (χ1v) is 10.6. The second-order valence-electron chi connectivity index (χ2n) is 7.11. The van der Waals surface area contributed by atoms with Crippen LogP contribution in [0, 0.1) is 0 Å². The van der Waals surface area contributed by atoms with Crippen LogP contribution in [0.15, 0.2) is 35.7 Å². The number of nitrogens with one attached hydrogen (secondary N) is 1. The van der Waals surface area contributed by atoms with E-state index < -0.39 is 0 Å². The predicted octanol–water partition coefficient (Wildman–Crippen LogP) is 2.07. The number of hydrogen-bond acceptors (Lipinski definition) is 3. The van der Waals surface area contributed by atoms with E-state index >= 15 is 0 Å². The zero-order chi connectivity index (χ0) is 18.8. The molecule has 0 spiro atoms. The number of thiophene rings is 1. The van der Waals surface area contributed by atoms with Gasteiger partial charge in [0.05, 0.1) is 42.3 Å². The second-order valence-corrected chi connectivity index (χ2v) is 8.58. The highest BCUT2D eigenvalue weighted by molar-refractivity contribution is 7.09. The Labute approximate surface area is 168 Å². The van der Waals surface area contributed by atoms with Gasteiger partial charge >= 0.3 is 0 Å². The van der Waals surface area contributed by atoms with E-state index in [1.807, 2.05) is 4.90 Å². The smallest absolute Gasteiger partial charge is 0.256 e. The number of nitrogens with zero attached hydrogens (tertiary/aromatic N) is 2. The van der Waals surface area contributed by atoms with E-state index in [0.29, 0.717) is 29.2 Å². The molecule has 2 fully saturated rings. The fraction of sp³-hybridized carbons (Fsp3) is 0.400. The normalized spacial score (nSPS) is 18.3. The highest BCUT2D eigenvalue weighted by Crippen LogP contribution is 2.29. The van der Waals surface area contributed by atoms with Crippen LogP contribution >= 0.6 is 22.9 Å². The topological polar surface area (TPSA) is 45.1 Å². The summed E-state index contributed by atoms with van der Waals surface area (Å²) < 4.78 is 0. The maximum absolute atomic E-state index is 13.2. The van der Waals surface area contributed by atoms with E-state index in [2.05, 4.69) is 17.5 Å². The minimum atomic E-state index is -0.00320.